The van der Waals surface area contributed by atoms with Gasteiger partial charge in [0.05, 0.1) is 17.9 Å². The van der Waals surface area contributed by atoms with Crippen LogP contribution in [0.3, 0.4) is 0 Å². The summed E-state index contributed by atoms with van der Waals surface area (Å²) >= 11 is 0. The first-order valence-corrected chi connectivity index (χ1v) is 11.1. The predicted molar refractivity (Wildman–Crippen MR) is 121 cm³/mol. The van der Waals surface area contributed by atoms with E-state index in [1.807, 2.05) is 63.3 Å². The summed E-state index contributed by atoms with van der Waals surface area (Å²) in [4.78, 5) is 26.4. The second-order valence-electron chi connectivity index (χ2n) is 8.62. The summed E-state index contributed by atoms with van der Waals surface area (Å²) in [6, 6.07) is 16.8. The molecule has 4 atom stereocenters. The Morgan fingerprint density at radius 3 is 2.22 bits per heavy atom. The number of aromatic nitrogens is 3. The molecule has 1 unspecified atom stereocenters. The minimum atomic E-state index is -1.02. The highest BCUT2D eigenvalue weighted by molar-refractivity contribution is 5.47. The number of allylic oxidation sites excluding steroid dienone is 1. The molecule has 0 bridgehead atoms. The van der Waals surface area contributed by atoms with Gasteiger partial charge in [-0.3, -0.25) is 0 Å². The van der Waals surface area contributed by atoms with Crippen LogP contribution in [0.1, 0.15) is 44.7 Å². The summed E-state index contributed by atoms with van der Waals surface area (Å²) in [5, 5.41) is 2.80. The standard InChI is InChI=1S/C25H27N3O4/c1-4-24(28-23(30)27(22(29)26-28)19-10-6-5-7-11-19)14-15-25(21-13-9-8-12-20(21)24)31-17(2)16-18(3)32-25/h5-15,17-18H,4,16H2,1-3H3,(H,26,29)/t17-,18+,24-,25?/m1/s1. The van der Waals surface area contributed by atoms with E-state index in [1.165, 1.54) is 4.68 Å². The van der Waals surface area contributed by atoms with E-state index in [1.54, 1.807) is 24.3 Å². The predicted octanol–water partition coefficient (Wildman–Crippen LogP) is 3.42. The van der Waals surface area contributed by atoms with Crippen LogP contribution in [0.2, 0.25) is 0 Å². The molecular weight excluding hydrogens is 406 g/mol. The monoisotopic (exact) mass is 433 g/mol. The molecule has 5 rings (SSSR count). The lowest BCUT2D eigenvalue weighted by Gasteiger charge is -2.47. The molecule has 2 aliphatic rings. The molecule has 0 radical (unpaired) electrons. The Morgan fingerprint density at radius 2 is 1.56 bits per heavy atom. The van der Waals surface area contributed by atoms with Crippen molar-refractivity contribution in [1.29, 1.82) is 0 Å². The van der Waals surface area contributed by atoms with Crippen molar-refractivity contribution in [2.75, 3.05) is 0 Å². The van der Waals surface area contributed by atoms with Crippen LogP contribution in [0.4, 0.5) is 0 Å². The largest absolute Gasteiger partial charge is 0.352 e. The van der Waals surface area contributed by atoms with Gasteiger partial charge in [-0.15, -0.1) is 0 Å². The van der Waals surface area contributed by atoms with E-state index in [9.17, 15) is 9.59 Å². The van der Waals surface area contributed by atoms with Crippen LogP contribution in [0, 0.1) is 0 Å². The number of hydrogen-bond acceptors (Lipinski definition) is 4. The highest BCUT2D eigenvalue weighted by Gasteiger charge is 2.49. The Morgan fingerprint density at radius 1 is 0.938 bits per heavy atom. The molecule has 1 saturated heterocycles. The normalized spacial score (nSPS) is 29.2. The van der Waals surface area contributed by atoms with Gasteiger partial charge in [0.25, 0.3) is 0 Å². The Hall–Kier alpha value is -3.16. The first-order chi connectivity index (χ1) is 15.4. The van der Waals surface area contributed by atoms with Gasteiger partial charge >= 0.3 is 11.4 Å². The molecule has 3 aromatic rings. The summed E-state index contributed by atoms with van der Waals surface area (Å²) < 4.78 is 15.3. The second-order valence-corrected chi connectivity index (χ2v) is 8.62. The van der Waals surface area contributed by atoms with Crippen molar-refractivity contribution in [2.45, 2.75) is 57.1 Å². The fourth-order valence-electron chi connectivity index (χ4n) is 5.10. The fraction of sp³-hybridized carbons (Fsp3) is 0.360. The molecule has 1 spiro atoms. The van der Waals surface area contributed by atoms with Crippen molar-refractivity contribution in [2.24, 2.45) is 0 Å². The molecule has 2 aromatic carbocycles. The minimum Gasteiger partial charge on any atom is -0.339 e. The van der Waals surface area contributed by atoms with E-state index < -0.39 is 22.7 Å². The van der Waals surface area contributed by atoms with Crippen molar-refractivity contribution in [3.63, 3.8) is 0 Å². The van der Waals surface area contributed by atoms with Gasteiger partial charge in [-0.25, -0.2) is 23.9 Å². The van der Waals surface area contributed by atoms with Crippen molar-refractivity contribution in [3.8, 4) is 5.69 Å². The molecule has 1 fully saturated rings. The van der Waals surface area contributed by atoms with Gasteiger partial charge in [0.2, 0.25) is 5.79 Å². The van der Waals surface area contributed by atoms with Crippen LogP contribution in [0.25, 0.3) is 5.69 Å². The molecule has 0 saturated carbocycles. The summed E-state index contributed by atoms with van der Waals surface area (Å²) in [5.74, 6) is -1.02. The lowest BCUT2D eigenvalue weighted by atomic mass is 9.76. The zero-order valence-electron chi connectivity index (χ0n) is 18.4. The molecule has 0 amide bonds. The van der Waals surface area contributed by atoms with Crippen molar-refractivity contribution in [3.05, 3.63) is 98.8 Å². The summed E-state index contributed by atoms with van der Waals surface area (Å²) in [6.07, 6.45) is 5.24. The number of benzene rings is 2. The first kappa shape index (κ1) is 20.7. The third kappa shape index (κ3) is 2.96. The van der Waals surface area contributed by atoms with Crippen molar-refractivity contribution in [1.82, 2.24) is 14.3 Å². The van der Waals surface area contributed by atoms with Gasteiger partial charge in [-0.1, -0.05) is 55.5 Å². The summed E-state index contributed by atoms with van der Waals surface area (Å²) in [5.41, 5.74) is 0.459. The number of nitrogens with one attached hydrogen (secondary N) is 1. The topological polar surface area (TPSA) is 78.2 Å². The average Bonchev–Trinajstić information content (AvgIpc) is 3.09. The van der Waals surface area contributed by atoms with Gasteiger partial charge in [0.1, 0.15) is 5.54 Å². The maximum absolute atomic E-state index is 13.5. The Balaban J connectivity index is 1.73. The molecule has 7 nitrogen and oxygen atoms in total. The highest BCUT2D eigenvalue weighted by Crippen LogP contribution is 2.47. The zero-order chi connectivity index (χ0) is 22.5. The number of rotatable bonds is 3. The Kier molecular flexibility index (Phi) is 4.83. The lowest BCUT2D eigenvalue weighted by Crippen LogP contribution is -2.50. The van der Waals surface area contributed by atoms with E-state index in [2.05, 4.69) is 5.10 Å². The third-order valence-electron chi connectivity index (χ3n) is 6.51. The minimum absolute atomic E-state index is 0.0206. The number of hydrogen-bond donors (Lipinski definition) is 1. The first-order valence-electron chi connectivity index (χ1n) is 11.1. The van der Waals surface area contributed by atoms with Crippen LogP contribution in [0.15, 0.2) is 76.3 Å². The SMILES string of the molecule is CC[C@@]1(n2[nH]c(=O)n(-c3ccccc3)c2=O)C=CC2(O[C@H](C)C[C@H](C)O2)c2ccccc21. The quantitative estimate of drug-likeness (QED) is 0.642. The van der Waals surface area contributed by atoms with Gasteiger partial charge in [-0.05, 0) is 50.5 Å². The number of H-pyrrole nitrogens is 1. The maximum atomic E-state index is 13.5. The Labute approximate surface area is 185 Å². The highest BCUT2D eigenvalue weighted by atomic mass is 16.7. The molecule has 7 heteroatoms. The average molecular weight is 434 g/mol. The van der Waals surface area contributed by atoms with Gasteiger partial charge in [0.15, 0.2) is 0 Å². The van der Waals surface area contributed by atoms with Crippen molar-refractivity contribution >= 4 is 0 Å². The third-order valence-corrected chi connectivity index (χ3v) is 6.51. The van der Waals surface area contributed by atoms with Crippen LogP contribution in [-0.2, 0) is 20.8 Å². The van der Waals surface area contributed by atoms with Gasteiger partial charge in [-0.2, -0.15) is 0 Å². The molecule has 1 aliphatic heterocycles. The number of ether oxygens (including phenoxy) is 2. The molecular formula is C25H27N3O4. The van der Waals surface area contributed by atoms with Gasteiger partial charge in [0, 0.05) is 5.56 Å². The van der Waals surface area contributed by atoms with Crippen molar-refractivity contribution < 1.29 is 9.47 Å². The van der Waals surface area contributed by atoms with Gasteiger partial charge < -0.3 is 9.47 Å². The molecule has 166 valence electrons. The van der Waals surface area contributed by atoms with E-state index in [0.29, 0.717) is 12.1 Å². The molecule has 2 heterocycles. The number of fused-ring (bicyclic) bond motifs is 2. The fourth-order valence-corrected chi connectivity index (χ4v) is 5.10. The number of nitrogens with zero attached hydrogens (tertiary/aromatic N) is 2. The molecule has 1 N–H and O–H groups in total. The van der Waals surface area contributed by atoms with E-state index in [-0.39, 0.29) is 12.2 Å². The van der Waals surface area contributed by atoms with Crippen LogP contribution >= 0.6 is 0 Å². The van der Waals surface area contributed by atoms with Crippen LogP contribution in [-0.4, -0.2) is 26.6 Å². The number of para-hydroxylation sites is 1. The zero-order valence-corrected chi connectivity index (χ0v) is 18.4. The molecule has 32 heavy (non-hydrogen) atoms. The van der Waals surface area contributed by atoms with Crippen LogP contribution in [0.5, 0.6) is 0 Å². The maximum Gasteiger partial charge on any atom is 0.352 e. The number of aromatic amines is 1. The molecule has 1 aromatic heterocycles. The van der Waals surface area contributed by atoms with E-state index in [4.69, 9.17) is 9.47 Å². The summed E-state index contributed by atoms with van der Waals surface area (Å²) in [6.45, 7) is 6.08. The molecule has 1 aliphatic carbocycles. The Bertz CT molecular complexity index is 1280. The summed E-state index contributed by atoms with van der Waals surface area (Å²) in [7, 11) is 0. The second kappa shape index (κ2) is 7.46. The van der Waals surface area contributed by atoms with E-state index >= 15 is 0 Å². The van der Waals surface area contributed by atoms with E-state index in [0.717, 1.165) is 22.1 Å². The lowest BCUT2D eigenvalue weighted by molar-refractivity contribution is -0.295. The smallest absolute Gasteiger partial charge is 0.339 e. The van der Waals surface area contributed by atoms with Crippen LogP contribution < -0.4 is 11.4 Å².